The molecule has 1 aliphatic heterocycles. The molecule has 0 unspecified atom stereocenters. The molecular weight excluding hydrogens is 328 g/mol. The van der Waals surface area contributed by atoms with Crippen molar-refractivity contribution >= 4 is 22.7 Å². The maximum Gasteiger partial charge on any atom is 0.124 e. The molecule has 5 nitrogen and oxygen atoms in total. The molecule has 23 heavy (non-hydrogen) atoms. The lowest BCUT2D eigenvalue weighted by Crippen LogP contribution is -2.43. The molecule has 120 valence electrons. The molecule has 1 atom stereocenters. The molecule has 0 spiro atoms. The number of hydrogen-bond donors (Lipinski definition) is 0. The van der Waals surface area contributed by atoms with E-state index in [9.17, 15) is 0 Å². The molecule has 7 heteroatoms. The summed E-state index contributed by atoms with van der Waals surface area (Å²) in [5, 5.41) is 11.8. The second-order valence-electron chi connectivity index (χ2n) is 5.61. The van der Waals surface area contributed by atoms with Gasteiger partial charge in [-0.2, -0.15) is 16.4 Å². The number of thiophene rings is 1. The Kier molecular flexibility index (Phi) is 4.52. The highest BCUT2D eigenvalue weighted by Crippen LogP contribution is 2.26. The van der Waals surface area contributed by atoms with Gasteiger partial charge in [0.1, 0.15) is 5.01 Å². The van der Waals surface area contributed by atoms with Crippen LogP contribution >= 0.6 is 22.7 Å². The number of ether oxygens (including phenoxy) is 1. The molecule has 0 aromatic carbocycles. The highest BCUT2D eigenvalue weighted by Gasteiger charge is 2.21. The van der Waals surface area contributed by atoms with Gasteiger partial charge >= 0.3 is 0 Å². The van der Waals surface area contributed by atoms with E-state index in [1.54, 1.807) is 22.7 Å². The number of morpholine rings is 1. The van der Waals surface area contributed by atoms with E-state index < -0.39 is 0 Å². The maximum absolute atomic E-state index is 5.86. The van der Waals surface area contributed by atoms with Gasteiger partial charge < -0.3 is 4.74 Å². The molecule has 4 rings (SSSR count). The summed E-state index contributed by atoms with van der Waals surface area (Å²) in [6.45, 7) is 4.35. The van der Waals surface area contributed by atoms with Gasteiger partial charge in [-0.25, -0.2) is 4.98 Å². The van der Waals surface area contributed by atoms with Gasteiger partial charge in [0.15, 0.2) is 0 Å². The minimum absolute atomic E-state index is 0.193. The fourth-order valence-corrected chi connectivity index (χ4v) is 4.30. The van der Waals surface area contributed by atoms with Crippen LogP contribution in [0.15, 0.2) is 40.7 Å². The summed E-state index contributed by atoms with van der Waals surface area (Å²) in [5.74, 6) is 0. The van der Waals surface area contributed by atoms with Crippen LogP contribution in [0.2, 0.25) is 0 Å². The summed E-state index contributed by atoms with van der Waals surface area (Å²) < 4.78 is 7.80. The molecule has 1 saturated heterocycles. The molecule has 0 N–H and O–H groups in total. The average molecular weight is 346 g/mol. The van der Waals surface area contributed by atoms with Crippen LogP contribution < -0.4 is 0 Å². The first kappa shape index (κ1) is 15.0. The van der Waals surface area contributed by atoms with Crippen molar-refractivity contribution < 1.29 is 4.74 Å². The van der Waals surface area contributed by atoms with Gasteiger partial charge in [0, 0.05) is 48.4 Å². The van der Waals surface area contributed by atoms with E-state index in [4.69, 9.17) is 9.72 Å². The lowest BCUT2D eigenvalue weighted by Gasteiger charge is -2.32. The molecule has 0 radical (unpaired) electrons. The van der Waals surface area contributed by atoms with Gasteiger partial charge in [-0.15, -0.1) is 11.3 Å². The Morgan fingerprint density at radius 3 is 3.17 bits per heavy atom. The minimum atomic E-state index is 0.193. The van der Waals surface area contributed by atoms with Crippen molar-refractivity contribution in [2.24, 2.45) is 0 Å². The lowest BCUT2D eigenvalue weighted by atomic mass is 10.2. The first-order valence-corrected chi connectivity index (χ1v) is 9.47. The molecular formula is C16H18N4OS2. The number of hydrogen-bond acceptors (Lipinski definition) is 6. The van der Waals surface area contributed by atoms with Gasteiger partial charge in [-0.1, -0.05) is 0 Å². The molecule has 0 aliphatic carbocycles. The van der Waals surface area contributed by atoms with Crippen LogP contribution in [0.25, 0.3) is 10.6 Å². The van der Waals surface area contributed by atoms with Crippen LogP contribution in [0, 0.1) is 0 Å². The van der Waals surface area contributed by atoms with Gasteiger partial charge in [-0.05, 0) is 17.5 Å². The van der Waals surface area contributed by atoms with Gasteiger partial charge in [0.05, 0.1) is 24.9 Å². The molecule has 3 aromatic heterocycles. The van der Waals surface area contributed by atoms with Crippen molar-refractivity contribution in [2.45, 2.75) is 19.2 Å². The summed E-state index contributed by atoms with van der Waals surface area (Å²) in [6, 6.07) is 4.07. The van der Waals surface area contributed by atoms with E-state index >= 15 is 0 Å². The zero-order valence-electron chi connectivity index (χ0n) is 12.7. The van der Waals surface area contributed by atoms with Crippen LogP contribution in [0.3, 0.4) is 0 Å². The van der Waals surface area contributed by atoms with Crippen molar-refractivity contribution in [1.82, 2.24) is 19.7 Å². The Morgan fingerprint density at radius 1 is 1.35 bits per heavy atom. The van der Waals surface area contributed by atoms with E-state index in [0.717, 1.165) is 43.5 Å². The zero-order chi connectivity index (χ0) is 15.5. The van der Waals surface area contributed by atoms with Crippen molar-refractivity contribution in [3.05, 3.63) is 46.4 Å². The lowest BCUT2D eigenvalue weighted by molar-refractivity contribution is -0.0405. The fraction of sp³-hybridized carbons (Fsp3) is 0.375. The third-order valence-corrected chi connectivity index (χ3v) is 5.50. The van der Waals surface area contributed by atoms with Gasteiger partial charge in [0.25, 0.3) is 0 Å². The largest absolute Gasteiger partial charge is 0.374 e. The predicted molar refractivity (Wildman–Crippen MR) is 92.7 cm³/mol. The van der Waals surface area contributed by atoms with Gasteiger partial charge in [0.2, 0.25) is 0 Å². The first-order chi connectivity index (χ1) is 11.4. The molecule has 1 aliphatic rings. The highest BCUT2D eigenvalue weighted by atomic mass is 32.1. The van der Waals surface area contributed by atoms with Crippen molar-refractivity contribution in [3.63, 3.8) is 0 Å². The first-order valence-electron chi connectivity index (χ1n) is 7.65. The van der Waals surface area contributed by atoms with E-state index in [2.05, 4.69) is 32.2 Å². The summed E-state index contributed by atoms with van der Waals surface area (Å²) in [4.78, 5) is 7.19. The maximum atomic E-state index is 5.86. The van der Waals surface area contributed by atoms with Gasteiger partial charge in [-0.3, -0.25) is 9.58 Å². The van der Waals surface area contributed by atoms with Crippen molar-refractivity contribution in [2.75, 3.05) is 19.7 Å². The third kappa shape index (κ3) is 3.69. The van der Waals surface area contributed by atoms with Crippen LogP contribution in [-0.4, -0.2) is 45.5 Å². The monoisotopic (exact) mass is 346 g/mol. The molecule has 3 aromatic rings. The Balaban J connectivity index is 1.37. The highest BCUT2D eigenvalue weighted by molar-refractivity contribution is 7.14. The number of thiazole rings is 1. The van der Waals surface area contributed by atoms with Crippen LogP contribution in [0.4, 0.5) is 0 Å². The van der Waals surface area contributed by atoms with Crippen molar-refractivity contribution in [3.8, 4) is 10.6 Å². The smallest absolute Gasteiger partial charge is 0.124 e. The van der Waals surface area contributed by atoms with Crippen LogP contribution in [0.5, 0.6) is 0 Å². The number of nitrogens with zero attached hydrogens (tertiary/aromatic N) is 4. The zero-order valence-corrected chi connectivity index (χ0v) is 14.3. The molecule has 0 amide bonds. The second kappa shape index (κ2) is 6.92. The Morgan fingerprint density at radius 2 is 2.35 bits per heavy atom. The second-order valence-corrected chi connectivity index (χ2v) is 7.25. The van der Waals surface area contributed by atoms with E-state index in [-0.39, 0.29) is 6.10 Å². The third-order valence-electron chi connectivity index (χ3n) is 3.88. The normalized spacial score (nSPS) is 19.2. The Hall–Kier alpha value is -1.54. The molecule has 4 heterocycles. The summed E-state index contributed by atoms with van der Waals surface area (Å²) in [6.07, 6.45) is 3.98. The quantitative estimate of drug-likeness (QED) is 0.712. The Bertz CT molecular complexity index is 723. The topological polar surface area (TPSA) is 43.2 Å². The fourth-order valence-electron chi connectivity index (χ4n) is 2.78. The van der Waals surface area contributed by atoms with E-state index in [1.807, 2.05) is 23.1 Å². The molecule has 0 bridgehead atoms. The van der Waals surface area contributed by atoms with Crippen LogP contribution in [0.1, 0.15) is 5.69 Å². The van der Waals surface area contributed by atoms with E-state index in [0.29, 0.717) is 0 Å². The van der Waals surface area contributed by atoms with E-state index in [1.165, 1.54) is 5.56 Å². The average Bonchev–Trinajstić information content (AvgIpc) is 3.30. The van der Waals surface area contributed by atoms with Crippen molar-refractivity contribution in [1.29, 1.82) is 0 Å². The Labute approximate surface area is 143 Å². The SMILES string of the molecule is c1cnn(C[C@@H]2CN(Cc3csc(-c4ccsc4)n3)CCO2)c1. The standard InChI is InChI=1S/C16H18N4OS2/c1-3-17-20(4-1)10-15-9-19(5-6-21-15)8-14-12-23-16(18-14)13-2-7-22-11-13/h1-4,7,11-12,15H,5-6,8-10H2/t15-/m0/s1. The minimum Gasteiger partial charge on any atom is -0.374 e. The molecule has 0 saturated carbocycles. The summed E-state index contributed by atoms with van der Waals surface area (Å²) in [5.41, 5.74) is 2.38. The number of rotatable bonds is 5. The molecule has 1 fully saturated rings. The van der Waals surface area contributed by atoms with Crippen LogP contribution in [-0.2, 0) is 17.8 Å². The predicted octanol–water partition coefficient (Wildman–Crippen LogP) is 2.97. The summed E-state index contributed by atoms with van der Waals surface area (Å²) >= 11 is 3.44. The number of aromatic nitrogens is 3. The summed E-state index contributed by atoms with van der Waals surface area (Å²) in [7, 11) is 0.